The zero-order chi connectivity index (χ0) is 23.8. The molecular formula is C23H20F3N3O4. The van der Waals surface area contributed by atoms with E-state index < -0.39 is 23.2 Å². The topological polar surface area (TPSA) is 93.6 Å². The lowest BCUT2D eigenvalue weighted by molar-refractivity contribution is -0.185. The number of hydrogen-bond acceptors (Lipinski definition) is 6. The molecule has 1 aliphatic heterocycles. The van der Waals surface area contributed by atoms with E-state index in [1.165, 1.54) is 25.4 Å². The summed E-state index contributed by atoms with van der Waals surface area (Å²) in [5.74, 6) is -0.434. The molecule has 172 valence electrons. The van der Waals surface area contributed by atoms with Crippen molar-refractivity contribution in [3.63, 3.8) is 0 Å². The lowest BCUT2D eigenvalue weighted by Gasteiger charge is -2.37. The Morgan fingerprint density at radius 3 is 2.58 bits per heavy atom. The van der Waals surface area contributed by atoms with Gasteiger partial charge in [0.25, 0.3) is 5.91 Å². The second-order valence-corrected chi connectivity index (χ2v) is 7.69. The molecule has 33 heavy (non-hydrogen) atoms. The quantitative estimate of drug-likeness (QED) is 0.600. The summed E-state index contributed by atoms with van der Waals surface area (Å²) in [6.07, 6.45) is -1.59. The van der Waals surface area contributed by atoms with Gasteiger partial charge >= 0.3 is 6.18 Å². The van der Waals surface area contributed by atoms with Crippen molar-refractivity contribution in [3.05, 3.63) is 71.2 Å². The number of aromatic nitrogens is 2. The van der Waals surface area contributed by atoms with E-state index in [1.807, 2.05) is 0 Å². The molecule has 0 radical (unpaired) electrons. The Kier molecular flexibility index (Phi) is 5.81. The van der Waals surface area contributed by atoms with Gasteiger partial charge in [0.15, 0.2) is 0 Å². The lowest BCUT2D eigenvalue weighted by Crippen LogP contribution is -2.46. The molecule has 1 aliphatic rings. The summed E-state index contributed by atoms with van der Waals surface area (Å²) >= 11 is 0. The zero-order valence-corrected chi connectivity index (χ0v) is 17.7. The summed E-state index contributed by atoms with van der Waals surface area (Å²) in [5, 5.41) is 13.3. The third-order valence-corrected chi connectivity index (χ3v) is 5.34. The van der Waals surface area contributed by atoms with Crippen molar-refractivity contribution in [1.29, 1.82) is 0 Å². The van der Waals surface area contributed by atoms with Gasteiger partial charge in [-0.15, -0.1) is 0 Å². The average Bonchev–Trinajstić information content (AvgIpc) is 2.78. The van der Waals surface area contributed by atoms with E-state index in [0.29, 0.717) is 28.1 Å². The summed E-state index contributed by atoms with van der Waals surface area (Å²) in [4.78, 5) is 21.1. The van der Waals surface area contributed by atoms with Crippen molar-refractivity contribution < 1.29 is 32.5 Å². The number of amides is 1. The number of alkyl halides is 3. The second kappa shape index (κ2) is 8.45. The number of nitrogens with zero attached hydrogens (tertiary/aromatic N) is 2. The van der Waals surface area contributed by atoms with Gasteiger partial charge in [-0.05, 0) is 37.3 Å². The minimum absolute atomic E-state index is 0.110. The Hall–Kier alpha value is -3.50. The summed E-state index contributed by atoms with van der Waals surface area (Å²) < 4.78 is 49.3. The Balaban J connectivity index is 1.64. The highest BCUT2D eigenvalue weighted by Crippen LogP contribution is 2.37. The van der Waals surface area contributed by atoms with Crippen molar-refractivity contribution in [3.8, 4) is 17.0 Å². The number of halogens is 3. The zero-order valence-electron chi connectivity index (χ0n) is 17.7. The van der Waals surface area contributed by atoms with Gasteiger partial charge in [0.1, 0.15) is 5.60 Å². The number of rotatable bonds is 5. The molecule has 3 aromatic rings. The van der Waals surface area contributed by atoms with Crippen molar-refractivity contribution >= 4 is 11.6 Å². The number of aliphatic hydroxyl groups is 1. The molecule has 0 bridgehead atoms. The van der Waals surface area contributed by atoms with Gasteiger partial charge in [-0.25, -0.2) is 4.98 Å². The Labute approximate surface area is 187 Å². The van der Waals surface area contributed by atoms with E-state index in [-0.39, 0.29) is 24.7 Å². The molecule has 0 spiro atoms. The molecule has 4 rings (SSSR count). The molecule has 1 saturated heterocycles. The number of hydrogen-bond donors (Lipinski definition) is 2. The fourth-order valence-electron chi connectivity index (χ4n) is 3.48. The SMILES string of the molecule is COc1ncc(-c2cc(NC(=O)c3cccc(C(F)(F)F)c3)cnc2C)cc1C1(O)COC1. The van der Waals surface area contributed by atoms with E-state index in [9.17, 15) is 23.1 Å². The number of anilines is 1. The van der Waals surface area contributed by atoms with Crippen LogP contribution in [-0.2, 0) is 16.5 Å². The number of aryl methyl sites for hydroxylation is 1. The minimum atomic E-state index is -4.55. The van der Waals surface area contributed by atoms with Crippen LogP contribution in [0.5, 0.6) is 5.88 Å². The van der Waals surface area contributed by atoms with Gasteiger partial charge in [0.2, 0.25) is 5.88 Å². The maximum absolute atomic E-state index is 13.0. The highest BCUT2D eigenvalue weighted by atomic mass is 19.4. The van der Waals surface area contributed by atoms with E-state index in [0.717, 1.165) is 12.1 Å². The average molecular weight is 459 g/mol. The first-order valence-corrected chi connectivity index (χ1v) is 9.91. The Bertz CT molecular complexity index is 1210. The van der Waals surface area contributed by atoms with Crippen LogP contribution in [0.25, 0.3) is 11.1 Å². The maximum Gasteiger partial charge on any atom is 0.416 e. The van der Waals surface area contributed by atoms with Crippen molar-refractivity contribution in [2.75, 3.05) is 25.6 Å². The number of carbonyl (C=O) groups is 1. The summed E-state index contributed by atoms with van der Waals surface area (Å²) in [6, 6.07) is 7.53. The van der Waals surface area contributed by atoms with Gasteiger partial charge in [-0.2, -0.15) is 13.2 Å². The van der Waals surface area contributed by atoms with Gasteiger partial charge in [-0.1, -0.05) is 6.07 Å². The molecule has 1 fully saturated rings. The molecular weight excluding hydrogens is 439 g/mol. The molecule has 0 atom stereocenters. The lowest BCUT2D eigenvalue weighted by atomic mass is 9.90. The predicted molar refractivity (Wildman–Crippen MR) is 113 cm³/mol. The summed E-state index contributed by atoms with van der Waals surface area (Å²) in [6.45, 7) is 1.98. The molecule has 7 nitrogen and oxygen atoms in total. The number of carbonyl (C=O) groups excluding carboxylic acids is 1. The molecule has 0 unspecified atom stereocenters. The second-order valence-electron chi connectivity index (χ2n) is 7.69. The number of benzene rings is 1. The van der Waals surface area contributed by atoms with Crippen LogP contribution in [0.15, 0.2) is 48.8 Å². The number of pyridine rings is 2. The van der Waals surface area contributed by atoms with E-state index in [2.05, 4.69) is 15.3 Å². The molecule has 1 amide bonds. The van der Waals surface area contributed by atoms with Gasteiger partial charge in [0.05, 0.1) is 43.3 Å². The third-order valence-electron chi connectivity index (χ3n) is 5.34. The van der Waals surface area contributed by atoms with Gasteiger partial charge < -0.3 is 19.9 Å². The Morgan fingerprint density at radius 1 is 1.18 bits per heavy atom. The molecule has 10 heteroatoms. The molecule has 0 saturated carbocycles. The van der Waals surface area contributed by atoms with Crippen molar-refractivity contribution in [2.24, 2.45) is 0 Å². The van der Waals surface area contributed by atoms with E-state index in [1.54, 1.807) is 25.3 Å². The molecule has 2 aromatic heterocycles. The number of ether oxygens (including phenoxy) is 2. The first-order chi connectivity index (χ1) is 15.6. The smallest absolute Gasteiger partial charge is 0.416 e. The monoisotopic (exact) mass is 459 g/mol. The van der Waals surface area contributed by atoms with Gasteiger partial charge in [0, 0.05) is 28.6 Å². The summed E-state index contributed by atoms with van der Waals surface area (Å²) in [7, 11) is 1.45. The summed E-state index contributed by atoms with van der Waals surface area (Å²) in [5.41, 5.74) is 0.364. The number of methoxy groups -OCH3 is 1. The molecule has 0 aliphatic carbocycles. The molecule has 1 aromatic carbocycles. The first kappa shape index (κ1) is 22.7. The molecule has 2 N–H and O–H groups in total. The predicted octanol–water partition coefficient (Wildman–Crippen LogP) is 3.95. The van der Waals surface area contributed by atoms with Crippen molar-refractivity contribution in [1.82, 2.24) is 9.97 Å². The highest BCUT2D eigenvalue weighted by Gasteiger charge is 2.41. The molecule has 3 heterocycles. The van der Waals surface area contributed by atoms with Crippen LogP contribution in [0.4, 0.5) is 18.9 Å². The maximum atomic E-state index is 13.0. The van der Waals surface area contributed by atoms with Crippen LogP contribution >= 0.6 is 0 Å². The van der Waals surface area contributed by atoms with Crippen LogP contribution in [0.1, 0.15) is 27.2 Å². The minimum Gasteiger partial charge on any atom is -0.481 e. The fraction of sp³-hybridized carbons (Fsp3) is 0.261. The third kappa shape index (κ3) is 4.53. The van der Waals surface area contributed by atoms with Gasteiger partial charge in [-0.3, -0.25) is 9.78 Å². The van der Waals surface area contributed by atoms with Crippen LogP contribution in [0.2, 0.25) is 0 Å². The standard InChI is InChI=1S/C23H20F3N3O4/c1-13-18(15-7-19(21(32-2)28-9-15)22(31)11-33-12-22)8-17(10-27-13)29-20(30)14-4-3-5-16(6-14)23(24,25)26/h3-10,31H,11-12H2,1-2H3,(H,29,30). The van der Waals surface area contributed by atoms with Crippen molar-refractivity contribution in [2.45, 2.75) is 18.7 Å². The fourth-order valence-corrected chi connectivity index (χ4v) is 3.48. The normalized spacial score (nSPS) is 15.0. The first-order valence-electron chi connectivity index (χ1n) is 9.91. The van der Waals surface area contributed by atoms with Crippen LogP contribution in [0, 0.1) is 6.92 Å². The van der Waals surface area contributed by atoms with Crippen LogP contribution < -0.4 is 10.1 Å². The van der Waals surface area contributed by atoms with E-state index in [4.69, 9.17) is 9.47 Å². The Morgan fingerprint density at radius 2 is 1.94 bits per heavy atom. The highest BCUT2D eigenvalue weighted by molar-refractivity contribution is 6.04. The largest absolute Gasteiger partial charge is 0.481 e. The van der Waals surface area contributed by atoms with Crippen LogP contribution in [0.3, 0.4) is 0 Å². The number of nitrogens with one attached hydrogen (secondary N) is 1. The van der Waals surface area contributed by atoms with Crippen LogP contribution in [-0.4, -0.2) is 41.3 Å². The van der Waals surface area contributed by atoms with E-state index >= 15 is 0 Å².